The smallest absolute Gasteiger partial charge is 0.160 e. The highest BCUT2D eigenvalue weighted by atomic mass is 16.6. The lowest BCUT2D eigenvalue weighted by Crippen LogP contribution is -1.97. The van der Waals surface area contributed by atoms with Gasteiger partial charge in [-0.2, -0.15) is 0 Å². The van der Waals surface area contributed by atoms with Crippen molar-refractivity contribution in [3.63, 3.8) is 0 Å². The Morgan fingerprint density at radius 3 is 2.50 bits per heavy atom. The number of oxime groups is 1. The first-order valence-electron chi connectivity index (χ1n) is 6.60. The molecule has 0 unspecified atom stereocenters. The molecule has 0 aliphatic heterocycles. The lowest BCUT2D eigenvalue weighted by atomic mass is 10.1. The van der Waals surface area contributed by atoms with Crippen molar-refractivity contribution in [3.05, 3.63) is 58.5 Å². The highest BCUT2D eigenvalue weighted by Crippen LogP contribution is 2.26. The van der Waals surface area contributed by atoms with Crippen LogP contribution in [-0.2, 0) is 11.4 Å². The van der Waals surface area contributed by atoms with Crippen molar-refractivity contribution in [1.82, 2.24) is 0 Å². The maximum absolute atomic E-state index is 10.3. The SMILES string of the molecule is COc1ccc(/C(C)=N/OCc2ccc(N=O)cc2)cc1O. The van der Waals surface area contributed by atoms with E-state index in [0.29, 0.717) is 17.1 Å². The molecule has 0 aliphatic carbocycles. The first kappa shape index (κ1) is 15.5. The van der Waals surface area contributed by atoms with Gasteiger partial charge in [0.05, 0.1) is 12.8 Å². The van der Waals surface area contributed by atoms with Crippen LogP contribution in [0.1, 0.15) is 18.1 Å². The van der Waals surface area contributed by atoms with Gasteiger partial charge in [0, 0.05) is 5.56 Å². The molecule has 2 aromatic carbocycles. The van der Waals surface area contributed by atoms with Crippen LogP contribution in [0.15, 0.2) is 52.8 Å². The number of aromatic hydroxyl groups is 1. The molecule has 0 fully saturated rings. The summed E-state index contributed by atoms with van der Waals surface area (Å²) in [6.07, 6.45) is 0. The summed E-state index contributed by atoms with van der Waals surface area (Å²) in [5.41, 5.74) is 2.61. The topological polar surface area (TPSA) is 80.5 Å². The van der Waals surface area contributed by atoms with Gasteiger partial charge in [-0.1, -0.05) is 17.3 Å². The van der Waals surface area contributed by atoms with Gasteiger partial charge in [0.25, 0.3) is 0 Å². The monoisotopic (exact) mass is 300 g/mol. The van der Waals surface area contributed by atoms with Gasteiger partial charge in [0.2, 0.25) is 0 Å². The van der Waals surface area contributed by atoms with Crippen LogP contribution in [-0.4, -0.2) is 17.9 Å². The number of hydrogen-bond donors (Lipinski definition) is 1. The standard InChI is InChI=1S/C16H16N2O4/c1-11(13-5-8-16(21-2)15(19)9-13)18-22-10-12-3-6-14(17-20)7-4-12/h3-9,19H,10H2,1-2H3/b18-11+. The van der Waals surface area contributed by atoms with Crippen molar-refractivity contribution in [2.24, 2.45) is 10.3 Å². The zero-order valence-electron chi connectivity index (χ0n) is 12.3. The summed E-state index contributed by atoms with van der Waals surface area (Å²) in [5.74, 6) is 0.452. The molecule has 0 saturated heterocycles. The Hall–Kier alpha value is -2.89. The molecule has 0 atom stereocenters. The third kappa shape index (κ3) is 3.82. The molecule has 22 heavy (non-hydrogen) atoms. The molecular weight excluding hydrogens is 284 g/mol. The second-order valence-electron chi connectivity index (χ2n) is 4.59. The highest BCUT2D eigenvalue weighted by Gasteiger charge is 2.05. The van der Waals surface area contributed by atoms with Crippen LogP contribution in [0, 0.1) is 4.91 Å². The number of nitrogens with zero attached hydrogens (tertiary/aromatic N) is 2. The first-order valence-corrected chi connectivity index (χ1v) is 6.60. The number of methoxy groups -OCH3 is 1. The maximum atomic E-state index is 10.3. The number of phenolic OH excluding ortho intramolecular Hbond substituents is 1. The van der Waals surface area contributed by atoms with Gasteiger partial charge < -0.3 is 14.7 Å². The zero-order valence-corrected chi connectivity index (χ0v) is 12.3. The number of benzene rings is 2. The molecule has 2 rings (SSSR count). The van der Waals surface area contributed by atoms with Crippen LogP contribution in [0.5, 0.6) is 11.5 Å². The van der Waals surface area contributed by atoms with Gasteiger partial charge in [-0.05, 0) is 48.0 Å². The normalized spacial score (nSPS) is 11.1. The fourth-order valence-electron chi connectivity index (χ4n) is 1.82. The minimum Gasteiger partial charge on any atom is -0.504 e. The largest absolute Gasteiger partial charge is 0.504 e. The van der Waals surface area contributed by atoms with Crippen molar-refractivity contribution in [2.45, 2.75) is 13.5 Å². The molecule has 0 aromatic heterocycles. The molecule has 1 N–H and O–H groups in total. The Bertz CT molecular complexity index is 681. The maximum Gasteiger partial charge on any atom is 0.160 e. The van der Waals surface area contributed by atoms with E-state index in [9.17, 15) is 10.0 Å². The van der Waals surface area contributed by atoms with E-state index in [1.807, 2.05) is 0 Å². The van der Waals surface area contributed by atoms with Crippen LogP contribution >= 0.6 is 0 Å². The molecule has 0 heterocycles. The van der Waals surface area contributed by atoms with E-state index >= 15 is 0 Å². The van der Waals surface area contributed by atoms with E-state index in [4.69, 9.17) is 9.57 Å². The van der Waals surface area contributed by atoms with Gasteiger partial charge in [-0.15, -0.1) is 4.91 Å². The van der Waals surface area contributed by atoms with Gasteiger partial charge in [0.15, 0.2) is 11.5 Å². The summed E-state index contributed by atoms with van der Waals surface area (Å²) >= 11 is 0. The van der Waals surface area contributed by atoms with Crippen molar-refractivity contribution in [2.75, 3.05) is 7.11 Å². The number of rotatable bonds is 6. The molecule has 114 valence electrons. The first-order chi connectivity index (χ1) is 10.6. The Morgan fingerprint density at radius 1 is 1.18 bits per heavy atom. The van der Waals surface area contributed by atoms with Gasteiger partial charge in [-0.25, -0.2) is 0 Å². The van der Waals surface area contributed by atoms with E-state index < -0.39 is 0 Å². The van der Waals surface area contributed by atoms with Crippen LogP contribution in [0.3, 0.4) is 0 Å². The van der Waals surface area contributed by atoms with Gasteiger partial charge in [0.1, 0.15) is 12.3 Å². The lowest BCUT2D eigenvalue weighted by molar-refractivity contribution is 0.130. The van der Waals surface area contributed by atoms with Crippen LogP contribution in [0.25, 0.3) is 0 Å². The van der Waals surface area contributed by atoms with E-state index in [0.717, 1.165) is 11.1 Å². The third-order valence-corrected chi connectivity index (χ3v) is 3.07. The Kier molecular flexibility index (Phi) is 5.08. The molecule has 2 aromatic rings. The summed E-state index contributed by atoms with van der Waals surface area (Å²) in [6, 6.07) is 11.7. The van der Waals surface area contributed by atoms with Crippen molar-refractivity contribution in [3.8, 4) is 11.5 Å². The third-order valence-electron chi connectivity index (χ3n) is 3.07. The van der Waals surface area contributed by atoms with Crippen molar-refractivity contribution >= 4 is 11.4 Å². The van der Waals surface area contributed by atoms with E-state index in [-0.39, 0.29) is 12.4 Å². The zero-order chi connectivity index (χ0) is 15.9. The molecule has 0 bridgehead atoms. The quantitative estimate of drug-likeness (QED) is 0.500. The van der Waals surface area contributed by atoms with Crippen LogP contribution in [0.2, 0.25) is 0 Å². The van der Waals surface area contributed by atoms with Gasteiger partial charge in [-0.3, -0.25) is 0 Å². The predicted molar refractivity (Wildman–Crippen MR) is 83.6 cm³/mol. The predicted octanol–water partition coefficient (Wildman–Crippen LogP) is 3.74. The lowest BCUT2D eigenvalue weighted by Gasteiger charge is -2.06. The van der Waals surface area contributed by atoms with Crippen molar-refractivity contribution in [1.29, 1.82) is 0 Å². The fraction of sp³-hybridized carbons (Fsp3) is 0.188. The summed E-state index contributed by atoms with van der Waals surface area (Å²) in [6.45, 7) is 2.05. The van der Waals surface area contributed by atoms with E-state index in [1.165, 1.54) is 7.11 Å². The fourth-order valence-corrected chi connectivity index (χ4v) is 1.82. The summed E-state index contributed by atoms with van der Waals surface area (Å²) in [4.78, 5) is 15.6. The average Bonchev–Trinajstić information content (AvgIpc) is 2.55. The number of hydrogen-bond acceptors (Lipinski definition) is 6. The highest BCUT2D eigenvalue weighted by molar-refractivity contribution is 5.98. The Morgan fingerprint density at radius 2 is 1.91 bits per heavy atom. The number of ether oxygens (including phenoxy) is 1. The molecule has 0 spiro atoms. The van der Waals surface area contributed by atoms with Gasteiger partial charge >= 0.3 is 0 Å². The molecule has 0 radical (unpaired) electrons. The Labute approximate surface area is 128 Å². The molecule has 6 heteroatoms. The molecular formula is C16H16N2O4. The summed E-state index contributed by atoms with van der Waals surface area (Å²) < 4.78 is 4.99. The molecule has 0 amide bonds. The number of nitroso groups, excluding NO2 is 1. The summed E-state index contributed by atoms with van der Waals surface area (Å²) in [5, 5.41) is 16.6. The number of phenols is 1. The minimum absolute atomic E-state index is 0.0477. The average molecular weight is 300 g/mol. The molecule has 0 aliphatic rings. The van der Waals surface area contributed by atoms with Crippen molar-refractivity contribution < 1.29 is 14.7 Å². The molecule has 6 nitrogen and oxygen atoms in total. The van der Waals surface area contributed by atoms with Crippen LogP contribution < -0.4 is 4.74 Å². The van der Waals surface area contributed by atoms with E-state index in [1.54, 1.807) is 49.4 Å². The van der Waals surface area contributed by atoms with Crippen LogP contribution in [0.4, 0.5) is 5.69 Å². The Balaban J connectivity index is 1.99. The summed E-state index contributed by atoms with van der Waals surface area (Å²) in [7, 11) is 1.49. The van der Waals surface area contributed by atoms with E-state index in [2.05, 4.69) is 10.3 Å². The second kappa shape index (κ2) is 7.21. The second-order valence-corrected chi connectivity index (χ2v) is 4.59. The minimum atomic E-state index is 0.0477. The molecule has 0 saturated carbocycles.